The van der Waals surface area contributed by atoms with Crippen LogP contribution in [0.2, 0.25) is 0 Å². The van der Waals surface area contributed by atoms with Crippen molar-refractivity contribution >= 4 is 29.6 Å². The number of rotatable bonds is 2. The minimum atomic E-state index is -0.336. The van der Waals surface area contributed by atoms with E-state index in [9.17, 15) is 0 Å². The van der Waals surface area contributed by atoms with Gasteiger partial charge in [-0.2, -0.15) is 0 Å². The molecule has 0 amide bonds. The van der Waals surface area contributed by atoms with Gasteiger partial charge in [0.05, 0.1) is 5.39 Å². The number of fused-ring (bicyclic) bond motifs is 3. The zero-order valence-corrected chi connectivity index (χ0v) is 9.43. The second-order valence-electron chi connectivity index (χ2n) is 4.00. The predicted molar refractivity (Wildman–Crippen MR) is 68.5 cm³/mol. The van der Waals surface area contributed by atoms with E-state index in [0.29, 0.717) is 5.75 Å². The predicted octanol–water partition coefficient (Wildman–Crippen LogP) is 2.53. The van der Waals surface area contributed by atoms with E-state index in [1.807, 2.05) is 43.3 Å². The van der Waals surface area contributed by atoms with Crippen LogP contribution in [-0.4, -0.2) is 12.7 Å². The second kappa shape index (κ2) is 3.82. The van der Waals surface area contributed by atoms with Crippen LogP contribution in [0.3, 0.4) is 0 Å². The van der Waals surface area contributed by atoms with Gasteiger partial charge in [0.15, 0.2) is 0 Å². The van der Waals surface area contributed by atoms with E-state index in [2.05, 4.69) is 0 Å². The molecular weight excluding hydrogens is 215 g/mol. The van der Waals surface area contributed by atoms with Crippen molar-refractivity contribution in [1.82, 2.24) is 0 Å². The molecule has 1 N–H and O–H groups in total. The molecule has 0 saturated carbocycles. The number of hydrogen-bond acceptors (Lipinski definition) is 3. The van der Waals surface area contributed by atoms with Crippen LogP contribution in [-0.2, 0) is 0 Å². The van der Waals surface area contributed by atoms with Crippen LogP contribution < -0.4 is 4.65 Å². The number of furan rings is 1. The zero-order chi connectivity index (χ0) is 11.8. The molecule has 0 aliphatic heterocycles. The second-order valence-corrected chi connectivity index (χ2v) is 4.00. The first-order valence-electron chi connectivity index (χ1n) is 5.45. The average Bonchev–Trinajstić information content (AvgIpc) is 2.67. The molecule has 0 atom stereocenters. The Hall–Kier alpha value is -1.94. The highest BCUT2D eigenvalue weighted by atomic mass is 16.5. The maximum Gasteiger partial charge on any atom is 0.504 e. The summed E-state index contributed by atoms with van der Waals surface area (Å²) in [6.45, 7) is 2.03. The van der Waals surface area contributed by atoms with E-state index in [1.54, 1.807) is 0 Å². The molecule has 0 saturated heterocycles. The van der Waals surface area contributed by atoms with Gasteiger partial charge >= 0.3 is 7.69 Å². The van der Waals surface area contributed by atoms with E-state index in [1.165, 1.54) is 0 Å². The lowest BCUT2D eigenvalue weighted by Crippen LogP contribution is -1.99. The molecule has 0 fully saturated rings. The topological polar surface area (TPSA) is 42.6 Å². The SMILES string of the molecule is Cc1ccc2c(c1)oc1cccc(OBO)c12. The van der Waals surface area contributed by atoms with Crippen LogP contribution >= 0.6 is 0 Å². The van der Waals surface area contributed by atoms with Crippen molar-refractivity contribution in [2.24, 2.45) is 0 Å². The Bertz CT molecular complexity index is 688. The summed E-state index contributed by atoms with van der Waals surface area (Å²) in [6, 6.07) is 11.6. The lowest BCUT2D eigenvalue weighted by Gasteiger charge is -2.02. The number of hydrogen-bond donors (Lipinski definition) is 1. The Labute approximate surface area is 98.9 Å². The number of aryl methyl sites for hydroxylation is 1. The first-order chi connectivity index (χ1) is 8.29. The standard InChI is InChI=1S/C13H11BO3/c1-8-5-6-9-12(7-8)16-10-3-2-4-11(13(9)10)17-14-15/h2-7,14-15H,1H3. The van der Waals surface area contributed by atoms with Gasteiger partial charge in [0.25, 0.3) is 0 Å². The quantitative estimate of drug-likeness (QED) is 0.682. The molecule has 4 heteroatoms. The normalized spacial score (nSPS) is 10.9. The third kappa shape index (κ3) is 1.57. The van der Waals surface area contributed by atoms with Crippen molar-refractivity contribution in [2.45, 2.75) is 6.92 Å². The minimum absolute atomic E-state index is 0.336. The van der Waals surface area contributed by atoms with Crippen molar-refractivity contribution < 1.29 is 14.1 Å². The Morgan fingerprint density at radius 2 is 2.06 bits per heavy atom. The molecule has 84 valence electrons. The molecular formula is C13H11BO3. The van der Waals surface area contributed by atoms with Gasteiger partial charge in [0.1, 0.15) is 16.9 Å². The van der Waals surface area contributed by atoms with E-state index in [4.69, 9.17) is 14.1 Å². The van der Waals surface area contributed by atoms with Crippen molar-refractivity contribution in [3.05, 3.63) is 42.0 Å². The van der Waals surface area contributed by atoms with Gasteiger partial charge in [-0.05, 0) is 30.7 Å². The molecule has 0 aliphatic rings. The molecule has 0 unspecified atom stereocenters. The Morgan fingerprint density at radius 1 is 1.18 bits per heavy atom. The molecule has 3 aromatic rings. The van der Waals surface area contributed by atoms with Gasteiger partial charge in [-0.25, -0.2) is 0 Å². The summed E-state index contributed by atoms with van der Waals surface area (Å²) in [5, 5.41) is 10.8. The van der Waals surface area contributed by atoms with Gasteiger partial charge in [0, 0.05) is 5.39 Å². The molecule has 0 radical (unpaired) electrons. The van der Waals surface area contributed by atoms with Crippen LogP contribution in [0.4, 0.5) is 0 Å². The first-order valence-corrected chi connectivity index (χ1v) is 5.45. The van der Waals surface area contributed by atoms with Crippen LogP contribution in [0.25, 0.3) is 21.9 Å². The summed E-state index contributed by atoms with van der Waals surface area (Å²) in [5.74, 6) is 0.646. The van der Waals surface area contributed by atoms with Gasteiger partial charge in [-0.15, -0.1) is 0 Å². The first kappa shape index (κ1) is 10.2. The van der Waals surface area contributed by atoms with Crippen LogP contribution in [0, 0.1) is 6.92 Å². The summed E-state index contributed by atoms with van der Waals surface area (Å²) in [5.41, 5.74) is 2.77. The van der Waals surface area contributed by atoms with E-state index in [0.717, 1.165) is 27.5 Å². The molecule has 0 bridgehead atoms. The largest absolute Gasteiger partial charge is 0.538 e. The molecule has 1 heterocycles. The van der Waals surface area contributed by atoms with E-state index in [-0.39, 0.29) is 7.69 Å². The lowest BCUT2D eigenvalue weighted by molar-refractivity contribution is 0.456. The van der Waals surface area contributed by atoms with E-state index >= 15 is 0 Å². The number of benzene rings is 2. The lowest BCUT2D eigenvalue weighted by atomic mass is 10.1. The van der Waals surface area contributed by atoms with E-state index < -0.39 is 0 Å². The van der Waals surface area contributed by atoms with Gasteiger partial charge in [-0.3, -0.25) is 0 Å². The van der Waals surface area contributed by atoms with Crippen LogP contribution in [0.1, 0.15) is 5.56 Å². The fourth-order valence-corrected chi connectivity index (χ4v) is 2.09. The Kier molecular flexibility index (Phi) is 2.30. The maximum atomic E-state index is 8.88. The summed E-state index contributed by atoms with van der Waals surface area (Å²) >= 11 is 0. The fourth-order valence-electron chi connectivity index (χ4n) is 2.09. The summed E-state index contributed by atoms with van der Waals surface area (Å²) in [6.07, 6.45) is 0. The van der Waals surface area contributed by atoms with Gasteiger partial charge in [0.2, 0.25) is 0 Å². The highest BCUT2D eigenvalue weighted by Crippen LogP contribution is 2.35. The third-order valence-corrected chi connectivity index (χ3v) is 2.83. The monoisotopic (exact) mass is 226 g/mol. The van der Waals surface area contributed by atoms with Crippen molar-refractivity contribution in [2.75, 3.05) is 0 Å². The van der Waals surface area contributed by atoms with Crippen molar-refractivity contribution in [1.29, 1.82) is 0 Å². The summed E-state index contributed by atoms with van der Waals surface area (Å²) in [4.78, 5) is 0. The zero-order valence-electron chi connectivity index (χ0n) is 9.43. The Balaban J connectivity index is 2.40. The smallest absolute Gasteiger partial charge is 0.504 e. The van der Waals surface area contributed by atoms with Gasteiger partial charge in [-0.1, -0.05) is 18.2 Å². The van der Waals surface area contributed by atoms with Gasteiger partial charge < -0.3 is 14.1 Å². The minimum Gasteiger partial charge on any atom is -0.538 e. The maximum absolute atomic E-state index is 8.88. The molecule has 2 aromatic carbocycles. The van der Waals surface area contributed by atoms with Crippen molar-refractivity contribution in [3.8, 4) is 5.75 Å². The van der Waals surface area contributed by atoms with Crippen LogP contribution in [0.15, 0.2) is 40.8 Å². The molecule has 1 aromatic heterocycles. The van der Waals surface area contributed by atoms with Crippen molar-refractivity contribution in [3.63, 3.8) is 0 Å². The molecule has 0 spiro atoms. The third-order valence-electron chi connectivity index (χ3n) is 2.83. The molecule has 3 rings (SSSR count). The molecule has 17 heavy (non-hydrogen) atoms. The fraction of sp³-hybridized carbons (Fsp3) is 0.0769. The highest BCUT2D eigenvalue weighted by Gasteiger charge is 2.11. The molecule has 0 aliphatic carbocycles. The summed E-state index contributed by atoms with van der Waals surface area (Å²) < 4.78 is 11.0. The Morgan fingerprint density at radius 3 is 2.88 bits per heavy atom. The van der Waals surface area contributed by atoms with Crippen LogP contribution in [0.5, 0.6) is 5.75 Å². The molecule has 3 nitrogen and oxygen atoms in total. The average molecular weight is 226 g/mol. The highest BCUT2D eigenvalue weighted by molar-refractivity contribution is 6.19. The summed E-state index contributed by atoms with van der Waals surface area (Å²) in [7, 11) is -0.336.